The van der Waals surface area contributed by atoms with Crippen LogP contribution in [0, 0.1) is 0 Å². The summed E-state index contributed by atoms with van der Waals surface area (Å²) < 4.78 is 39.9. The van der Waals surface area contributed by atoms with Crippen LogP contribution < -0.4 is 10.3 Å². The van der Waals surface area contributed by atoms with Gasteiger partial charge in [-0.3, -0.25) is 9.59 Å². The van der Waals surface area contributed by atoms with E-state index in [9.17, 15) is 22.8 Å². The van der Waals surface area contributed by atoms with E-state index in [2.05, 4.69) is 9.72 Å². The highest BCUT2D eigenvalue weighted by atomic mass is 19.4. The summed E-state index contributed by atoms with van der Waals surface area (Å²) >= 11 is 0. The quantitative estimate of drug-likeness (QED) is 0.909. The summed E-state index contributed by atoms with van der Waals surface area (Å²) in [5.41, 5.74) is 0.414. The third-order valence-corrected chi connectivity index (χ3v) is 2.72. The minimum Gasteiger partial charge on any atom is -0.481 e. The number of rotatable bonds is 4. The Morgan fingerprint density at radius 3 is 2.41 bits per heavy atom. The van der Waals surface area contributed by atoms with Crippen molar-refractivity contribution in [2.24, 2.45) is 0 Å². The molecular formula is C14H10F3NO4. The molecule has 1 heterocycles. The van der Waals surface area contributed by atoms with Crippen molar-refractivity contribution in [3.05, 3.63) is 52.4 Å². The zero-order valence-corrected chi connectivity index (χ0v) is 11.0. The fourth-order valence-electron chi connectivity index (χ4n) is 1.86. The number of halogens is 3. The van der Waals surface area contributed by atoms with Gasteiger partial charge in [-0.05, 0) is 29.3 Å². The average molecular weight is 313 g/mol. The number of H-pyrrole nitrogens is 1. The van der Waals surface area contributed by atoms with E-state index < -0.39 is 23.6 Å². The number of aliphatic carboxylic acids is 1. The van der Waals surface area contributed by atoms with Gasteiger partial charge < -0.3 is 14.8 Å². The van der Waals surface area contributed by atoms with Crippen LogP contribution in [0.25, 0.3) is 11.1 Å². The van der Waals surface area contributed by atoms with Crippen LogP contribution in [0.2, 0.25) is 0 Å². The maximum absolute atomic E-state index is 12.1. The third-order valence-electron chi connectivity index (χ3n) is 2.72. The molecule has 8 heteroatoms. The van der Waals surface area contributed by atoms with E-state index >= 15 is 0 Å². The van der Waals surface area contributed by atoms with Crippen LogP contribution in [-0.2, 0) is 11.2 Å². The van der Waals surface area contributed by atoms with Crippen molar-refractivity contribution in [3.63, 3.8) is 0 Å². The Morgan fingerprint density at radius 1 is 1.23 bits per heavy atom. The molecule has 0 amide bonds. The van der Waals surface area contributed by atoms with Crippen LogP contribution in [-0.4, -0.2) is 22.4 Å². The first-order valence-corrected chi connectivity index (χ1v) is 6.04. The maximum atomic E-state index is 12.1. The highest BCUT2D eigenvalue weighted by Crippen LogP contribution is 2.25. The number of nitrogens with one attached hydrogen (secondary N) is 1. The van der Waals surface area contributed by atoms with Crippen LogP contribution >= 0.6 is 0 Å². The number of aromatic nitrogens is 1. The number of carbonyl (C=O) groups is 1. The number of carboxylic acids is 1. The van der Waals surface area contributed by atoms with Gasteiger partial charge in [-0.15, -0.1) is 13.2 Å². The molecule has 0 spiro atoms. The average Bonchev–Trinajstić information content (AvgIpc) is 2.40. The van der Waals surface area contributed by atoms with Gasteiger partial charge >= 0.3 is 12.3 Å². The van der Waals surface area contributed by atoms with Crippen molar-refractivity contribution in [3.8, 4) is 16.9 Å². The Bertz CT molecular complexity index is 735. The van der Waals surface area contributed by atoms with Crippen molar-refractivity contribution < 1.29 is 27.8 Å². The van der Waals surface area contributed by atoms with Gasteiger partial charge in [-0.2, -0.15) is 0 Å². The second-order valence-corrected chi connectivity index (χ2v) is 4.39. The standard InChI is InChI=1S/C14H10F3NO4/c15-14(16,17)22-10-3-1-9(2-4-10)11-5-8(6-12(19)20)7-18-13(11)21/h1-5,7H,6H2,(H,18,21)(H,19,20). The molecule has 0 atom stereocenters. The van der Waals surface area contributed by atoms with Crippen LogP contribution in [0.15, 0.2) is 41.3 Å². The number of hydrogen-bond acceptors (Lipinski definition) is 3. The lowest BCUT2D eigenvalue weighted by Gasteiger charge is -2.09. The first-order chi connectivity index (χ1) is 10.2. The van der Waals surface area contributed by atoms with E-state index in [0.717, 1.165) is 12.1 Å². The molecule has 0 fully saturated rings. The molecule has 1 aromatic heterocycles. The summed E-state index contributed by atoms with van der Waals surface area (Å²) in [5, 5.41) is 8.73. The number of benzene rings is 1. The summed E-state index contributed by atoms with van der Waals surface area (Å²) in [6.07, 6.45) is -3.79. The Balaban J connectivity index is 2.31. The van der Waals surface area contributed by atoms with Crippen molar-refractivity contribution >= 4 is 5.97 Å². The van der Waals surface area contributed by atoms with Gasteiger partial charge in [-0.25, -0.2) is 0 Å². The minimum atomic E-state index is -4.79. The van der Waals surface area contributed by atoms with Crippen LogP contribution in [0.3, 0.4) is 0 Å². The lowest BCUT2D eigenvalue weighted by Crippen LogP contribution is -2.17. The molecule has 116 valence electrons. The zero-order valence-electron chi connectivity index (χ0n) is 11.0. The van der Waals surface area contributed by atoms with E-state index in [1.54, 1.807) is 0 Å². The number of carboxylic acid groups (broad SMARTS) is 1. The number of alkyl halides is 3. The SMILES string of the molecule is O=C(O)Cc1c[nH]c(=O)c(-c2ccc(OC(F)(F)F)cc2)c1. The second kappa shape index (κ2) is 5.92. The van der Waals surface area contributed by atoms with E-state index in [0.29, 0.717) is 11.1 Å². The number of pyridine rings is 1. The molecule has 0 aliphatic heterocycles. The van der Waals surface area contributed by atoms with Gasteiger partial charge in [-0.1, -0.05) is 12.1 Å². The molecule has 2 aromatic rings. The molecule has 0 aliphatic rings. The van der Waals surface area contributed by atoms with E-state index in [1.165, 1.54) is 24.4 Å². The molecule has 5 nitrogen and oxygen atoms in total. The lowest BCUT2D eigenvalue weighted by atomic mass is 10.0. The van der Waals surface area contributed by atoms with E-state index in [1.807, 2.05) is 0 Å². The molecular weight excluding hydrogens is 303 g/mol. The molecule has 2 N–H and O–H groups in total. The summed E-state index contributed by atoms with van der Waals surface area (Å²) in [7, 11) is 0. The van der Waals surface area contributed by atoms with Crippen LogP contribution in [0.5, 0.6) is 5.75 Å². The number of hydrogen-bond donors (Lipinski definition) is 2. The number of aromatic amines is 1. The van der Waals surface area contributed by atoms with Gasteiger partial charge in [0.2, 0.25) is 0 Å². The third kappa shape index (κ3) is 4.11. The highest BCUT2D eigenvalue weighted by molar-refractivity contribution is 5.71. The monoisotopic (exact) mass is 313 g/mol. The normalized spacial score (nSPS) is 11.2. The minimum absolute atomic E-state index is 0.164. The number of ether oxygens (including phenoxy) is 1. The topological polar surface area (TPSA) is 79.4 Å². The Kier molecular flexibility index (Phi) is 4.20. The van der Waals surface area contributed by atoms with Gasteiger partial charge in [0.1, 0.15) is 5.75 Å². The highest BCUT2D eigenvalue weighted by Gasteiger charge is 2.30. The van der Waals surface area contributed by atoms with Gasteiger partial charge in [0.15, 0.2) is 0 Å². The summed E-state index contributed by atoms with van der Waals surface area (Å²) in [5.74, 6) is -1.47. The van der Waals surface area contributed by atoms with Crippen LogP contribution in [0.4, 0.5) is 13.2 Å². The van der Waals surface area contributed by atoms with E-state index in [-0.39, 0.29) is 12.0 Å². The molecule has 0 bridgehead atoms. The largest absolute Gasteiger partial charge is 0.573 e. The predicted octanol–water partition coefficient (Wildman–Crippen LogP) is 2.57. The Hall–Kier alpha value is -2.77. The van der Waals surface area contributed by atoms with Gasteiger partial charge in [0.05, 0.1) is 6.42 Å². The van der Waals surface area contributed by atoms with Crippen molar-refractivity contribution in [2.45, 2.75) is 12.8 Å². The first kappa shape index (κ1) is 15.6. The molecule has 0 saturated heterocycles. The molecule has 1 aromatic carbocycles. The molecule has 22 heavy (non-hydrogen) atoms. The maximum Gasteiger partial charge on any atom is 0.573 e. The fourth-order valence-corrected chi connectivity index (χ4v) is 1.86. The molecule has 0 saturated carbocycles. The van der Waals surface area contributed by atoms with E-state index in [4.69, 9.17) is 5.11 Å². The zero-order chi connectivity index (χ0) is 16.3. The lowest BCUT2D eigenvalue weighted by molar-refractivity contribution is -0.274. The van der Waals surface area contributed by atoms with Crippen molar-refractivity contribution in [1.29, 1.82) is 0 Å². The summed E-state index contributed by atoms with van der Waals surface area (Å²) in [6, 6.07) is 6.11. The van der Waals surface area contributed by atoms with Gasteiger partial charge in [0, 0.05) is 11.8 Å². The Labute approximate surface area is 122 Å². The van der Waals surface area contributed by atoms with Crippen LogP contribution in [0.1, 0.15) is 5.56 Å². The van der Waals surface area contributed by atoms with Crippen molar-refractivity contribution in [1.82, 2.24) is 4.98 Å². The molecule has 0 unspecified atom stereocenters. The second-order valence-electron chi connectivity index (χ2n) is 4.39. The predicted molar refractivity (Wildman–Crippen MR) is 70.5 cm³/mol. The summed E-state index contributed by atoms with van der Waals surface area (Å²) in [4.78, 5) is 24.8. The fraction of sp³-hybridized carbons (Fsp3) is 0.143. The van der Waals surface area contributed by atoms with Gasteiger partial charge in [0.25, 0.3) is 5.56 Å². The Morgan fingerprint density at radius 2 is 1.86 bits per heavy atom. The first-order valence-electron chi connectivity index (χ1n) is 6.04. The summed E-state index contributed by atoms with van der Waals surface area (Å²) in [6.45, 7) is 0. The smallest absolute Gasteiger partial charge is 0.481 e. The molecule has 0 aliphatic carbocycles. The molecule has 0 radical (unpaired) electrons. The van der Waals surface area contributed by atoms with Crippen molar-refractivity contribution in [2.75, 3.05) is 0 Å². The molecule has 2 rings (SSSR count).